The molecular formula is C11H14F2N2O3. The number of aromatic nitrogens is 1. The Balaban J connectivity index is 2.94. The van der Waals surface area contributed by atoms with Crippen molar-refractivity contribution in [3.05, 3.63) is 23.9 Å². The Labute approximate surface area is 103 Å². The van der Waals surface area contributed by atoms with Crippen LogP contribution in [0.3, 0.4) is 0 Å². The second-order valence-electron chi connectivity index (χ2n) is 3.43. The summed E-state index contributed by atoms with van der Waals surface area (Å²) in [6.45, 7) is -1.29. The van der Waals surface area contributed by atoms with Crippen molar-refractivity contribution in [2.75, 3.05) is 26.8 Å². The van der Waals surface area contributed by atoms with Crippen LogP contribution in [0.1, 0.15) is 10.4 Å². The van der Waals surface area contributed by atoms with Crippen LogP contribution in [0.2, 0.25) is 0 Å². The first-order valence-corrected chi connectivity index (χ1v) is 5.27. The van der Waals surface area contributed by atoms with E-state index in [-0.39, 0.29) is 24.6 Å². The van der Waals surface area contributed by atoms with Crippen molar-refractivity contribution in [1.29, 1.82) is 0 Å². The highest BCUT2D eigenvalue weighted by atomic mass is 19.3. The molecular weight excluding hydrogens is 246 g/mol. The lowest BCUT2D eigenvalue weighted by molar-refractivity contribution is 0.0506. The van der Waals surface area contributed by atoms with Gasteiger partial charge in [-0.2, -0.15) is 0 Å². The molecule has 0 aliphatic carbocycles. The van der Waals surface area contributed by atoms with E-state index in [2.05, 4.69) is 4.98 Å². The van der Waals surface area contributed by atoms with Crippen molar-refractivity contribution in [2.45, 2.75) is 6.43 Å². The average Bonchev–Trinajstić information content (AvgIpc) is 2.37. The van der Waals surface area contributed by atoms with Gasteiger partial charge in [0.15, 0.2) is 0 Å². The lowest BCUT2D eigenvalue weighted by Gasteiger charge is -2.21. The van der Waals surface area contributed by atoms with Crippen LogP contribution in [0.5, 0.6) is 5.88 Å². The topological polar surface area (TPSA) is 62.7 Å². The van der Waals surface area contributed by atoms with E-state index in [9.17, 15) is 13.6 Å². The molecule has 18 heavy (non-hydrogen) atoms. The SMILES string of the molecule is COc1ncccc1C(=O)N(CCO)CC(F)F. The van der Waals surface area contributed by atoms with Gasteiger partial charge in [0.05, 0.1) is 20.3 Å². The smallest absolute Gasteiger partial charge is 0.259 e. The molecule has 1 N–H and O–H groups in total. The number of hydrogen-bond donors (Lipinski definition) is 1. The maximum atomic E-state index is 12.3. The monoisotopic (exact) mass is 260 g/mol. The Bertz CT molecular complexity index is 402. The van der Waals surface area contributed by atoms with E-state index >= 15 is 0 Å². The number of rotatable bonds is 6. The Morgan fingerprint density at radius 1 is 1.61 bits per heavy atom. The molecule has 7 heteroatoms. The highest BCUT2D eigenvalue weighted by Crippen LogP contribution is 2.16. The molecule has 0 aromatic carbocycles. The first-order chi connectivity index (χ1) is 8.60. The zero-order valence-electron chi connectivity index (χ0n) is 9.84. The number of ether oxygens (including phenoxy) is 1. The van der Waals surface area contributed by atoms with Gasteiger partial charge in [0, 0.05) is 12.7 Å². The quantitative estimate of drug-likeness (QED) is 0.821. The summed E-state index contributed by atoms with van der Waals surface area (Å²) in [7, 11) is 1.34. The Morgan fingerprint density at radius 2 is 2.33 bits per heavy atom. The second-order valence-corrected chi connectivity index (χ2v) is 3.43. The Morgan fingerprint density at radius 3 is 2.89 bits per heavy atom. The predicted molar refractivity (Wildman–Crippen MR) is 59.8 cm³/mol. The molecule has 0 unspecified atom stereocenters. The average molecular weight is 260 g/mol. The van der Waals surface area contributed by atoms with Crippen LogP contribution in [0.15, 0.2) is 18.3 Å². The minimum Gasteiger partial charge on any atom is -0.480 e. The molecule has 5 nitrogen and oxygen atoms in total. The number of pyridine rings is 1. The van der Waals surface area contributed by atoms with E-state index in [0.717, 1.165) is 4.90 Å². The van der Waals surface area contributed by atoms with E-state index in [1.807, 2.05) is 0 Å². The largest absolute Gasteiger partial charge is 0.480 e. The number of alkyl halides is 2. The zero-order valence-corrected chi connectivity index (χ0v) is 9.84. The highest BCUT2D eigenvalue weighted by Gasteiger charge is 2.22. The first-order valence-electron chi connectivity index (χ1n) is 5.27. The summed E-state index contributed by atoms with van der Waals surface area (Å²) in [5.41, 5.74) is 0.0918. The third-order valence-electron chi connectivity index (χ3n) is 2.21. The number of carbonyl (C=O) groups excluding carboxylic acids is 1. The van der Waals surface area contributed by atoms with Gasteiger partial charge in [0.25, 0.3) is 12.3 Å². The highest BCUT2D eigenvalue weighted by molar-refractivity contribution is 5.96. The number of nitrogens with zero attached hydrogens (tertiary/aromatic N) is 2. The fourth-order valence-corrected chi connectivity index (χ4v) is 1.45. The standard InChI is InChI=1S/C11H14F2N2O3/c1-18-10-8(3-2-4-14-10)11(17)15(5-6-16)7-9(12)13/h2-4,9,16H,5-7H2,1H3. The third kappa shape index (κ3) is 3.63. The summed E-state index contributed by atoms with van der Waals surface area (Å²) in [4.78, 5) is 16.7. The minimum absolute atomic E-state index is 0.0692. The fraction of sp³-hybridized carbons (Fsp3) is 0.455. The van der Waals surface area contributed by atoms with Crippen LogP contribution >= 0.6 is 0 Å². The molecule has 0 fully saturated rings. The predicted octanol–water partition coefficient (Wildman–Crippen LogP) is 0.790. The summed E-state index contributed by atoms with van der Waals surface area (Å²) in [6.07, 6.45) is -1.23. The molecule has 1 rings (SSSR count). The van der Waals surface area contributed by atoms with Crippen molar-refractivity contribution in [2.24, 2.45) is 0 Å². The van der Waals surface area contributed by atoms with E-state index in [4.69, 9.17) is 9.84 Å². The van der Waals surface area contributed by atoms with Crippen LogP contribution in [-0.4, -0.2) is 54.1 Å². The van der Waals surface area contributed by atoms with Gasteiger partial charge >= 0.3 is 0 Å². The molecule has 1 heterocycles. The lowest BCUT2D eigenvalue weighted by Crippen LogP contribution is -2.37. The van der Waals surface area contributed by atoms with Gasteiger partial charge in [-0.05, 0) is 12.1 Å². The lowest BCUT2D eigenvalue weighted by atomic mass is 10.2. The molecule has 1 aromatic rings. The molecule has 1 amide bonds. The van der Waals surface area contributed by atoms with Gasteiger partial charge in [0.2, 0.25) is 5.88 Å². The van der Waals surface area contributed by atoms with E-state index in [1.165, 1.54) is 25.4 Å². The van der Waals surface area contributed by atoms with E-state index < -0.39 is 18.9 Å². The number of amides is 1. The molecule has 0 aliphatic rings. The molecule has 0 saturated heterocycles. The van der Waals surface area contributed by atoms with Crippen molar-refractivity contribution in [1.82, 2.24) is 9.88 Å². The normalized spacial score (nSPS) is 10.5. The first kappa shape index (κ1) is 14.3. The summed E-state index contributed by atoms with van der Waals surface area (Å²) < 4.78 is 29.6. The van der Waals surface area contributed by atoms with E-state index in [0.29, 0.717) is 0 Å². The molecule has 0 bridgehead atoms. The Kier molecular flexibility index (Phi) is 5.44. The fourth-order valence-electron chi connectivity index (χ4n) is 1.45. The third-order valence-corrected chi connectivity index (χ3v) is 2.21. The van der Waals surface area contributed by atoms with Crippen LogP contribution in [0, 0.1) is 0 Å². The van der Waals surface area contributed by atoms with E-state index in [1.54, 1.807) is 0 Å². The van der Waals surface area contributed by atoms with Gasteiger partial charge in [-0.15, -0.1) is 0 Å². The second kappa shape index (κ2) is 6.85. The molecule has 0 aliphatic heterocycles. The van der Waals surface area contributed by atoms with Crippen molar-refractivity contribution in [3.8, 4) is 5.88 Å². The number of methoxy groups -OCH3 is 1. The maximum absolute atomic E-state index is 12.3. The zero-order chi connectivity index (χ0) is 13.5. The van der Waals surface area contributed by atoms with Gasteiger partial charge in [0.1, 0.15) is 5.56 Å². The summed E-state index contributed by atoms with van der Waals surface area (Å²) >= 11 is 0. The van der Waals surface area contributed by atoms with Gasteiger partial charge in [-0.1, -0.05) is 0 Å². The molecule has 0 saturated carbocycles. The van der Waals surface area contributed by atoms with Crippen molar-refractivity contribution >= 4 is 5.91 Å². The van der Waals surface area contributed by atoms with Gasteiger partial charge in [-0.25, -0.2) is 13.8 Å². The number of halogens is 2. The van der Waals surface area contributed by atoms with Crippen LogP contribution in [0.25, 0.3) is 0 Å². The molecule has 1 aromatic heterocycles. The van der Waals surface area contributed by atoms with Gasteiger partial charge in [-0.3, -0.25) is 4.79 Å². The molecule has 100 valence electrons. The summed E-state index contributed by atoms with van der Waals surface area (Å²) in [5.74, 6) is -0.575. The van der Waals surface area contributed by atoms with Crippen LogP contribution in [0.4, 0.5) is 8.78 Å². The maximum Gasteiger partial charge on any atom is 0.259 e. The number of aliphatic hydroxyl groups is 1. The molecule has 0 atom stereocenters. The van der Waals surface area contributed by atoms with Crippen LogP contribution in [-0.2, 0) is 0 Å². The minimum atomic E-state index is -2.66. The number of aliphatic hydroxyl groups excluding tert-OH is 1. The summed E-state index contributed by atoms with van der Waals surface area (Å²) in [6, 6.07) is 2.94. The molecule has 0 spiro atoms. The number of hydrogen-bond acceptors (Lipinski definition) is 4. The van der Waals surface area contributed by atoms with Crippen molar-refractivity contribution in [3.63, 3.8) is 0 Å². The Hall–Kier alpha value is -1.76. The van der Waals surface area contributed by atoms with Crippen molar-refractivity contribution < 1.29 is 23.4 Å². The summed E-state index contributed by atoms with van der Waals surface area (Å²) in [5, 5.41) is 8.79. The molecule has 0 radical (unpaired) electrons. The van der Waals surface area contributed by atoms with Crippen LogP contribution < -0.4 is 4.74 Å². The van der Waals surface area contributed by atoms with Gasteiger partial charge < -0.3 is 14.7 Å². The number of carbonyl (C=O) groups is 1.